The molecule has 0 spiro atoms. The molecule has 7 rings (SSSR count). The van der Waals surface area contributed by atoms with Gasteiger partial charge < -0.3 is 120 Å². The molecule has 2 aliphatic heterocycles. The largest absolute Gasteiger partial charge is 0.490 e. The van der Waals surface area contributed by atoms with E-state index in [2.05, 4.69) is 26.6 Å². The molecule has 5 amide bonds. The van der Waals surface area contributed by atoms with Gasteiger partial charge in [-0.1, -0.05) is 84.9 Å². The molecule has 0 aliphatic carbocycles. The summed E-state index contributed by atoms with van der Waals surface area (Å²) in [5.74, 6) is -7.10. The Morgan fingerprint density at radius 2 is 0.937 bits per heavy atom. The summed E-state index contributed by atoms with van der Waals surface area (Å²) in [5.41, 5.74) is 10.1. The van der Waals surface area contributed by atoms with Crippen molar-refractivity contribution in [3.8, 4) is 28.0 Å². The molecule has 11 atom stereocenters. The zero-order chi connectivity index (χ0) is 79.8. The van der Waals surface area contributed by atoms with Crippen molar-refractivity contribution in [2.45, 2.75) is 105 Å². The predicted octanol–water partition coefficient (Wildman–Crippen LogP) is 2.42. The molecule has 0 saturated carbocycles. The van der Waals surface area contributed by atoms with Crippen molar-refractivity contribution in [1.29, 1.82) is 0 Å². The lowest BCUT2D eigenvalue weighted by molar-refractivity contribution is -0.311. The Bertz CT molecular complexity index is 3620. The Kier molecular flexibility index (Phi) is 39.9. The Labute approximate surface area is 654 Å². The molecule has 2 fully saturated rings. The van der Waals surface area contributed by atoms with Crippen molar-refractivity contribution in [2.24, 2.45) is 5.73 Å². The summed E-state index contributed by atoms with van der Waals surface area (Å²) in [5, 5.41) is 80.8. The number of thioether (sulfide) groups is 2. The first-order valence-corrected chi connectivity index (χ1v) is 39.1. The van der Waals surface area contributed by atoms with Gasteiger partial charge in [0.05, 0.1) is 136 Å². The second-order valence-electron chi connectivity index (χ2n) is 25.8. The average molecular weight is 1590 g/mol. The summed E-state index contributed by atoms with van der Waals surface area (Å²) in [7, 11) is 2.20. The third-order valence-corrected chi connectivity index (χ3v) is 19.7. The van der Waals surface area contributed by atoms with Crippen LogP contribution in [0.4, 0.5) is 0 Å². The maximum Gasteiger partial charge on any atom is 0.366 e. The van der Waals surface area contributed by atoms with Crippen molar-refractivity contribution in [3.63, 3.8) is 0 Å². The van der Waals surface area contributed by atoms with E-state index in [1.165, 1.54) is 48.6 Å². The predicted molar refractivity (Wildman–Crippen MR) is 411 cm³/mol. The highest BCUT2D eigenvalue weighted by atomic mass is 32.2. The fourth-order valence-electron chi connectivity index (χ4n) is 11.9. The fraction of sp³-hybridized carbons (Fsp3) is 0.526. The van der Waals surface area contributed by atoms with E-state index in [-0.39, 0.29) is 94.6 Å². The van der Waals surface area contributed by atoms with Crippen LogP contribution in [0.15, 0.2) is 127 Å². The molecule has 0 radical (unpaired) electrons. The first-order chi connectivity index (χ1) is 53.7. The van der Waals surface area contributed by atoms with Crippen LogP contribution in [0.5, 0.6) is 5.75 Å². The van der Waals surface area contributed by atoms with Crippen molar-refractivity contribution >= 4 is 65.0 Å². The van der Waals surface area contributed by atoms with E-state index in [0.29, 0.717) is 94.2 Å². The highest BCUT2D eigenvalue weighted by molar-refractivity contribution is 7.99. The molecule has 111 heavy (non-hydrogen) atoms. The summed E-state index contributed by atoms with van der Waals surface area (Å²) in [6, 6.07) is 35.9. The van der Waals surface area contributed by atoms with Gasteiger partial charge in [0.15, 0.2) is 0 Å². The Morgan fingerprint density at radius 1 is 0.505 bits per heavy atom. The third kappa shape index (κ3) is 29.6. The van der Waals surface area contributed by atoms with Crippen LogP contribution in [0, 0.1) is 0 Å². The van der Waals surface area contributed by atoms with Crippen molar-refractivity contribution in [1.82, 2.24) is 26.6 Å². The van der Waals surface area contributed by atoms with Gasteiger partial charge in [-0.3, -0.25) is 24.0 Å². The van der Waals surface area contributed by atoms with Crippen LogP contribution in [0.25, 0.3) is 22.3 Å². The quantitative estimate of drug-likeness (QED) is 0.0196. The van der Waals surface area contributed by atoms with E-state index < -0.39 is 121 Å². The number of hydrogen-bond donors (Lipinski definition) is 12. The maximum absolute atomic E-state index is 13.8. The molecular weight excluding hydrogens is 1490 g/mol. The molecule has 33 heteroatoms. The summed E-state index contributed by atoms with van der Waals surface area (Å²) < 4.78 is 67.8. The number of aliphatic hydroxyl groups excluding tert-OH is 6. The molecule has 5 aromatic rings. The van der Waals surface area contributed by atoms with Gasteiger partial charge in [0.25, 0.3) is 35.2 Å². The number of rotatable bonds is 51. The maximum atomic E-state index is 13.8. The van der Waals surface area contributed by atoms with E-state index in [0.717, 1.165) is 36.5 Å². The summed E-state index contributed by atoms with van der Waals surface area (Å²) in [4.78, 5) is 92.6. The van der Waals surface area contributed by atoms with E-state index in [9.17, 15) is 64.2 Å². The molecule has 0 unspecified atom stereocenters. The monoisotopic (exact) mass is 1590 g/mol. The SMILES string of the molecule is COC(=O)[C@@]1(OCCCSCCNC(=O)c2ccc(C(=O)NCCSCCCO[C@]3(C(=O)OC)C[C@H](O)C[C@H]([C@H](O)[C@H](O)CNC(=O)c4ccc(-c5ccccc5)cc4)O3)cc2OCCOCCOCCOCCOCCOCCN)C[C@H](O)[C@@H](NC(C)=O)[C@H]([C@H](O)[C@H](O)CNC(=O)c2ccc(-c3ccccc3)cc2)O1. The minimum atomic E-state index is -2.29. The molecule has 13 N–H and O–H groups in total. The van der Waals surface area contributed by atoms with Crippen molar-refractivity contribution < 1.29 is 121 Å². The van der Waals surface area contributed by atoms with Gasteiger partial charge in [0, 0.05) is 87.1 Å². The van der Waals surface area contributed by atoms with E-state index in [1.54, 1.807) is 48.5 Å². The topological polar surface area (TPSA) is 438 Å². The summed E-state index contributed by atoms with van der Waals surface area (Å²) in [6.45, 7) is 4.48. The number of nitrogens with two attached hydrogens (primary N) is 1. The normalized spacial score (nSPS) is 20.0. The molecule has 2 saturated heterocycles. The Morgan fingerprint density at radius 3 is 1.41 bits per heavy atom. The number of nitrogens with one attached hydrogen (secondary N) is 5. The molecule has 2 heterocycles. The van der Waals surface area contributed by atoms with Crippen LogP contribution in [0.3, 0.4) is 0 Å². The van der Waals surface area contributed by atoms with Gasteiger partial charge in [0.2, 0.25) is 5.91 Å². The highest BCUT2D eigenvalue weighted by Gasteiger charge is 2.57. The number of aliphatic hydroxyl groups is 6. The average Bonchev–Trinajstić information content (AvgIpc) is 0.771. The van der Waals surface area contributed by atoms with Gasteiger partial charge in [-0.2, -0.15) is 23.5 Å². The number of ether oxygens (including phenoxy) is 12. The lowest BCUT2D eigenvalue weighted by Crippen LogP contribution is -2.68. The first kappa shape index (κ1) is 90.4. The molecule has 2 aliphatic rings. The van der Waals surface area contributed by atoms with Gasteiger partial charge >= 0.3 is 11.9 Å². The van der Waals surface area contributed by atoms with Crippen LogP contribution in [0.2, 0.25) is 0 Å². The van der Waals surface area contributed by atoms with Gasteiger partial charge in [-0.25, -0.2) is 9.59 Å². The smallest absolute Gasteiger partial charge is 0.366 e. The van der Waals surface area contributed by atoms with Crippen LogP contribution in [-0.2, 0) is 66.5 Å². The van der Waals surface area contributed by atoms with Gasteiger partial charge in [-0.05, 0) is 89.1 Å². The fourth-order valence-corrected chi connectivity index (χ4v) is 13.4. The highest BCUT2D eigenvalue weighted by Crippen LogP contribution is 2.37. The van der Waals surface area contributed by atoms with Crippen LogP contribution in [0.1, 0.15) is 80.5 Å². The summed E-state index contributed by atoms with van der Waals surface area (Å²) >= 11 is 2.91. The molecule has 610 valence electrons. The minimum absolute atomic E-state index is 0.00298. The van der Waals surface area contributed by atoms with Crippen molar-refractivity contribution in [2.75, 3.05) is 156 Å². The van der Waals surface area contributed by atoms with Crippen LogP contribution in [-0.4, -0.2) is 294 Å². The number of benzene rings is 5. The van der Waals surface area contributed by atoms with E-state index in [1.807, 2.05) is 60.7 Å². The van der Waals surface area contributed by atoms with Gasteiger partial charge in [-0.15, -0.1) is 0 Å². The van der Waals surface area contributed by atoms with Crippen molar-refractivity contribution in [3.05, 3.63) is 150 Å². The molecular formula is C78H106N6O25S2. The second-order valence-corrected chi connectivity index (χ2v) is 28.2. The first-order valence-electron chi connectivity index (χ1n) is 36.8. The zero-order valence-electron chi connectivity index (χ0n) is 62.7. The molecule has 5 aromatic carbocycles. The Balaban J connectivity index is 0.854. The Hall–Kier alpha value is -7.75. The molecule has 31 nitrogen and oxygen atoms in total. The lowest BCUT2D eigenvalue weighted by Gasteiger charge is -2.47. The summed E-state index contributed by atoms with van der Waals surface area (Å²) in [6.07, 6.45) is -12.8. The number of carbonyl (C=O) groups excluding carboxylic acids is 7. The standard InChI is InChI=1S/C78H106N6O25S2/c1-52(85)84-67-62(87)49-78(76(97)99-3,109-70(67)69(91)64(89)51-83-72(93)58-22-18-56(19-23-58)54-14-8-5-9-15-54)107-30-11-43-111-45-28-81-74(95)61-25-24-59(46-65(61)105-41-40-104-39-38-103-37-36-102-35-34-101-33-32-100-31-26-79)73(94)80-27-44-110-42-10-29-106-77(75(96)98-2)48-60(86)47-66(108-77)68(90)63(88)50-82-71(92)57-20-16-55(17-21-57)53-12-6-4-7-13-53/h4-9,12-25,46,60,62-64,66-70,86-91H,10-11,26-45,47-51,79H2,1-3H3,(H,80,94)(H,81,95)(H,82,92)(H,83,93)(H,84,85)/t60-,62+,63-,64-,66-,67-,68-,69-,70-,77-,78-/m1/s1. The third-order valence-electron chi connectivity index (χ3n) is 17.6. The minimum Gasteiger partial charge on any atom is -0.490 e. The molecule has 0 aromatic heterocycles. The molecule has 0 bridgehead atoms. The van der Waals surface area contributed by atoms with E-state index in [4.69, 9.17) is 62.6 Å². The zero-order valence-corrected chi connectivity index (χ0v) is 64.4. The number of hydrogen-bond acceptors (Lipinski definition) is 28. The number of esters is 2. The number of carbonyl (C=O) groups is 7. The van der Waals surface area contributed by atoms with Crippen LogP contribution < -0.4 is 37.1 Å². The number of methoxy groups -OCH3 is 2. The second kappa shape index (κ2) is 49.0. The van der Waals surface area contributed by atoms with Gasteiger partial charge in [0.1, 0.15) is 30.7 Å². The lowest BCUT2D eigenvalue weighted by atomic mass is 9.88. The number of amides is 5. The van der Waals surface area contributed by atoms with E-state index >= 15 is 0 Å². The van der Waals surface area contributed by atoms with Crippen LogP contribution >= 0.6 is 23.5 Å².